The monoisotopic (exact) mass is 236 g/mol. The first-order chi connectivity index (χ1) is 7.81. The van der Waals surface area contributed by atoms with Gasteiger partial charge in [0.1, 0.15) is 5.75 Å². The molecule has 0 fully saturated rings. The Hall–Kier alpha value is -1.18. The minimum atomic E-state index is -0.0674. The molecule has 16 heavy (non-hydrogen) atoms. The molecule has 0 spiro atoms. The van der Waals surface area contributed by atoms with Gasteiger partial charge >= 0.3 is 0 Å². The summed E-state index contributed by atoms with van der Waals surface area (Å²) < 4.78 is 5.25. The van der Waals surface area contributed by atoms with Crippen LogP contribution in [0.5, 0.6) is 5.75 Å². The lowest BCUT2D eigenvalue weighted by Gasteiger charge is -2.09. The first kappa shape index (κ1) is 12.9. The van der Waals surface area contributed by atoms with Gasteiger partial charge in [0.2, 0.25) is 0 Å². The molecular formula is C12H16N2OS. The Morgan fingerprint density at radius 3 is 2.88 bits per heavy atom. The highest BCUT2D eigenvalue weighted by Crippen LogP contribution is 2.29. The smallest absolute Gasteiger partial charge is 0.132 e. The van der Waals surface area contributed by atoms with Crippen molar-refractivity contribution in [3.63, 3.8) is 0 Å². The highest BCUT2D eigenvalue weighted by Gasteiger charge is 2.06. The third kappa shape index (κ3) is 3.76. The van der Waals surface area contributed by atoms with E-state index in [9.17, 15) is 0 Å². The summed E-state index contributed by atoms with van der Waals surface area (Å²) in [5.41, 5.74) is 0. The Morgan fingerprint density at radius 1 is 1.50 bits per heavy atom. The fourth-order valence-electron chi connectivity index (χ4n) is 1.30. The molecule has 0 heterocycles. The molecular weight excluding hydrogens is 220 g/mol. The van der Waals surface area contributed by atoms with E-state index in [-0.39, 0.29) is 6.04 Å². The fourth-order valence-corrected chi connectivity index (χ4v) is 2.34. The van der Waals surface area contributed by atoms with Gasteiger partial charge in [-0.05, 0) is 25.6 Å². The Balaban J connectivity index is 2.46. The predicted molar refractivity (Wildman–Crippen MR) is 66.8 cm³/mol. The number of para-hydroxylation sites is 1. The van der Waals surface area contributed by atoms with Crippen LogP contribution in [-0.2, 0) is 0 Å². The first-order valence-corrected chi connectivity index (χ1v) is 6.13. The molecule has 1 N–H and O–H groups in total. The number of nitrogens with one attached hydrogen (secondary N) is 1. The molecule has 0 aromatic heterocycles. The lowest BCUT2D eigenvalue weighted by Crippen LogP contribution is -2.23. The van der Waals surface area contributed by atoms with Gasteiger partial charge < -0.3 is 10.1 Å². The SMILES string of the molecule is CNC(C#N)CCSc1ccccc1OC. The van der Waals surface area contributed by atoms with Gasteiger partial charge in [-0.15, -0.1) is 11.8 Å². The highest BCUT2D eigenvalue weighted by atomic mass is 32.2. The van der Waals surface area contributed by atoms with E-state index in [0.29, 0.717) is 0 Å². The predicted octanol–water partition coefficient (Wildman–Crippen LogP) is 2.29. The molecule has 4 heteroatoms. The molecule has 1 atom stereocenters. The molecule has 0 saturated heterocycles. The summed E-state index contributed by atoms with van der Waals surface area (Å²) in [6.07, 6.45) is 0.829. The highest BCUT2D eigenvalue weighted by molar-refractivity contribution is 7.99. The average molecular weight is 236 g/mol. The summed E-state index contributed by atoms with van der Waals surface area (Å²) in [4.78, 5) is 1.12. The van der Waals surface area contributed by atoms with Gasteiger partial charge in [0.25, 0.3) is 0 Å². The summed E-state index contributed by atoms with van der Waals surface area (Å²) in [6, 6.07) is 10.1. The number of benzene rings is 1. The van der Waals surface area contributed by atoms with Crippen LogP contribution in [0.15, 0.2) is 29.2 Å². The lowest BCUT2D eigenvalue weighted by molar-refractivity contribution is 0.405. The summed E-state index contributed by atoms with van der Waals surface area (Å²) >= 11 is 1.71. The molecule has 1 aromatic rings. The Kier molecular flexibility index (Phi) is 5.76. The van der Waals surface area contributed by atoms with Crippen LogP contribution in [-0.4, -0.2) is 26.0 Å². The van der Waals surface area contributed by atoms with E-state index >= 15 is 0 Å². The van der Waals surface area contributed by atoms with E-state index in [0.717, 1.165) is 22.8 Å². The maximum absolute atomic E-state index is 8.78. The van der Waals surface area contributed by atoms with Crippen LogP contribution >= 0.6 is 11.8 Å². The molecule has 0 aliphatic carbocycles. The first-order valence-electron chi connectivity index (χ1n) is 5.14. The van der Waals surface area contributed by atoms with Gasteiger partial charge in [-0.25, -0.2) is 0 Å². The van der Waals surface area contributed by atoms with Gasteiger partial charge in [0, 0.05) is 10.6 Å². The molecule has 0 saturated carbocycles. The Bertz CT molecular complexity index is 362. The molecule has 0 amide bonds. The maximum Gasteiger partial charge on any atom is 0.132 e. The largest absolute Gasteiger partial charge is 0.496 e. The van der Waals surface area contributed by atoms with Crippen molar-refractivity contribution in [1.82, 2.24) is 5.32 Å². The summed E-state index contributed by atoms with van der Waals surface area (Å²) in [7, 11) is 3.48. The van der Waals surface area contributed by atoms with E-state index in [2.05, 4.69) is 11.4 Å². The van der Waals surface area contributed by atoms with Crippen LogP contribution < -0.4 is 10.1 Å². The number of hydrogen-bond donors (Lipinski definition) is 1. The second kappa shape index (κ2) is 7.15. The van der Waals surface area contributed by atoms with Gasteiger partial charge in [0.15, 0.2) is 0 Å². The average Bonchev–Trinajstić information content (AvgIpc) is 2.35. The van der Waals surface area contributed by atoms with Crippen molar-refractivity contribution in [2.45, 2.75) is 17.4 Å². The van der Waals surface area contributed by atoms with Crippen molar-refractivity contribution >= 4 is 11.8 Å². The van der Waals surface area contributed by atoms with E-state index < -0.39 is 0 Å². The number of hydrogen-bond acceptors (Lipinski definition) is 4. The van der Waals surface area contributed by atoms with Crippen molar-refractivity contribution in [3.8, 4) is 11.8 Å². The third-order valence-electron chi connectivity index (χ3n) is 2.24. The third-order valence-corrected chi connectivity index (χ3v) is 3.33. The molecule has 1 aromatic carbocycles. The molecule has 0 aliphatic heterocycles. The lowest BCUT2D eigenvalue weighted by atomic mass is 10.3. The number of nitriles is 1. The van der Waals surface area contributed by atoms with E-state index in [1.165, 1.54) is 0 Å². The molecule has 0 aliphatic rings. The molecule has 3 nitrogen and oxygen atoms in total. The standard InChI is InChI=1S/C12H16N2OS/c1-14-10(9-13)7-8-16-12-6-4-3-5-11(12)15-2/h3-6,10,14H,7-8H2,1-2H3. The molecule has 1 rings (SSSR count). The quantitative estimate of drug-likeness (QED) is 0.770. The molecule has 0 bridgehead atoms. The Labute approximate surface area is 101 Å². The van der Waals surface area contributed by atoms with E-state index in [1.54, 1.807) is 18.9 Å². The molecule has 1 unspecified atom stereocenters. The topological polar surface area (TPSA) is 45.0 Å². The summed E-state index contributed by atoms with van der Waals surface area (Å²) in [5, 5.41) is 11.7. The number of ether oxygens (including phenoxy) is 1. The zero-order valence-electron chi connectivity index (χ0n) is 9.56. The minimum Gasteiger partial charge on any atom is -0.496 e. The van der Waals surface area contributed by atoms with Crippen LogP contribution in [0.25, 0.3) is 0 Å². The molecule has 86 valence electrons. The zero-order chi connectivity index (χ0) is 11.8. The van der Waals surface area contributed by atoms with Gasteiger partial charge in [-0.3, -0.25) is 0 Å². The van der Waals surface area contributed by atoms with Crippen LogP contribution in [0.1, 0.15) is 6.42 Å². The van der Waals surface area contributed by atoms with E-state index in [1.807, 2.05) is 31.3 Å². The number of nitrogens with zero attached hydrogens (tertiary/aromatic N) is 1. The van der Waals surface area contributed by atoms with Gasteiger partial charge in [-0.1, -0.05) is 12.1 Å². The van der Waals surface area contributed by atoms with E-state index in [4.69, 9.17) is 10.00 Å². The Morgan fingerprint density at radius 2 is 2.25 bits per heavy atom. The number of thioether (sulfide) groups is 1. The summed E-state index contributed by atoms with van der Waals surface area (Å²) in [6.45, 7) is 0. The number of methoxy groups -OCH3 is 1. The second-order valence-corrected chi connectivity index (χ2v) is 4.40. The number of rotatable bonds is 6. The zero-order valence-corrected chi connectivity index (χ0v) is 10.4. The van der Waals surface area contributed by atoms with Crippen LogP contribution in [0.4, 0.5) is 0 Å². The van der Waals surface area contributed by atoms with Crippen LogP contribution in [0.3, 0.4) is 0 Å². The van der Waals surface area contributed by atoms with Crippen LogP contribution in [0, 0.1) is 11.3 Å². The van der Waals surface area contributed by atoms with Crippen molar-refractivity contribution in [3.05, 3.63) is 24.3 Å². The molecule has 0 radical (unpaired) electrons. The van der Waals surface area contributed by atoms with Gasteiger partial charge in [0.05, 0.1) is 19.2 Å². The van der Waals surface area contributed by atoms with Crippen molar-refractivity contribution in [2.24, 2.45) is 0 Å². The second-order valence-electron chi connectivity index (χ2n) is 3.26. The van der Waals surface area contributed by atoms with Crippen molar-refractivity contribution < 1.29 is 4.74 Å². The maximum atomic E-state index is 8.78. The minimum absolute atomic E-state index is 0.0674. The normalized spacial score (nSPS) is 11.8. The van der Waals surface area contributed by atoms with Crippen molar-refractivity contribution in [2.75, 3.05) is 19.9 Å². The van der Waals surface area contributed by atoms with Crippen molar-refractivity contribution in [1.29, 1.82) is 5.26 Å². The van der Waals surface area contributed by atoms with Crippen LogP contribution in [0.2, 0.25) is 0 Å². The fraction of sp³-hybridized carbons (Fsp3) is 0.417. The van der Waals surface area contributed by atoms with Gasteiger partial charge in [-0.2, -0.15) is 5.26 Å². The summed E-state index contributed by atoms with van der Waals surface area (Å²) in [5.74, 6) is 1.80.